The standard InChI is InChI=1S/C17H14F3N3O/c18-10-3-1-4-11(9-10)23-14(5-2-8-21)22-16-13(20)7-6-12(19)15(16)17(23)24/h1,3-4,6-7,9H,2,5,8,21H2. The van der Waals surface area contributed by atoms with Crippen molar-refractivity contribution in [3.05, 3.63) is 70.0 Å². The Labute approximate surface area is 135 Å². The van der Waals surface area contributed by atoms with Crippen molar-refractivity contribution in [3.8, 4) is 5.69 Å². The molecule has 0 aliphatic carbocycles. The third-order valence-electron chi connectivity index (χ3n) is 3.66. The van der Waals surface area contributed by atoms with Gasteiger partial charge >= 0.3 is 0 Å². The van der Waals surface area contributed by atoms with Gasteiger partial charge in [-0.3, -0.25) is 9.36 Å². The molecular weight excluding hydrogens is 319 g/mol. The zero-order chi connectivity index (χ0) is 17.3. The predicted molar refractivity (Wildman–Crippen MR) is 84.6 cm³/mol. The molecule has 124 valence electrons. The number of nitrogens with two attached hydrogens (primary N) is 1. The maximum atomic E-state index is 14.1. The summed E-state index contributed by atoms with van der Waals surface area (Å²) in [6.07, 6.45) is 0.762. The summed E-state index contributed by atoms with van der Waals surface area (Å²) < 4.78 is 42.7. The maximum Gasteiger partial charge on any atom is 0.269 e. The van der Waals surface area contributed by atoms with E-state index in [4.69, 9.17) is 5.73 Å². The molecule has 0 amide bonds. The Morgan fingerprint density at radius 1 is 1.08 bits per heavy atom. The van der Waals surface area contributed by atoms with Gasteiger partial charge in [0.25, 0.3) is 5.56 Å². The van der Waals surface area contributed by atoms with Crippen LogP contribution in [0.15, 0.2) is 41.2 Å². The van der Waals surface area contributed by atoms with Crippen LogP contribution in [0.4, 0.5) is 13.2 Å². The van der Waals surface area contributed by atoms with Crippen molar-refractivity contribution in [2.24, 2.45) is 5.73 Å². The molecule has 0 saturated carbocycles. The van der Waals surface area contributed by atoms with Crippen LogP contribution < -0.4 is 11.3 Å². The molecule has 24 heavy (non-hydrogen) atoms. The summed E-state index contributed by atoms with van der Waals surface area (Å²) in [7, 11) is 0. The van der Waals surface area contributed by atoms with Crippen LogP contribution in [0.3, 0.4) is 0 Å². The Morgan fingerprint density at radius 3 is 2.54 bits per heavy atom. The van der Waals surface area contributed by atoms with E-state index in [2.05, 4.69) is 4.98 Å². The highest BCUT2D eigenvalue weighted by Gasteiger charge is 2.18. The Hall–Kier alpha value is -2.67. The fourth-order valence-electron chi connectivity index (χ4n) is 2.57. The molecule has 2 N–H and O–H groups in total. The van der Waals surface area contributed by atoms with Crippen LogP contribution in [-0.4, -0.2) is 16.1 Å². The van der Waals surface area contributed by atoms with Crippen LogP contribution in [0, 0.1) is 17.5 Å². The third kappa shape index (κ3) is 2.78. The number of halogens is 3. The molecule has 0 radical (unpaired) electrons. The monoisotopic (exact) mass is 333 g/mol. The first-order valence-electron chi connectivity index (χ1n) is 7.38. The molecule has 0 fully saturated rings. The molecule has 7 heteroatoms. The van der Waals surface area contributed by atoms with Gasteiger partial charge < -0.3 is 5.73 Å². The summed E-state index contributed by atoms with van der Waals surface area (Å²) in [4.78, 5) is 16.9. The van der Waals surface area contributed by atoms with Gasteiger partial charge in [-0.2, -0.15) is 0 Å². The summed E-state index contributed by atoms with van der Waals surface area (Å²) in [5.74, 6) is -2.01. The predicted octanol–water partition coefficient (Wildman–Crippen LogP) is 2.69. The number of aromatic nitrogens is 2. The highest BCUT2D eigenvalue weighted by atomic mass is 19.1. The second-order valence-corrected chi connectivity index (χ2v) is 5.29. The van der Waals surface area contributed by atoms with Crippen LogP contribution >= 0.6 is 0 Å². The lowest BCUT2D eigenvalue weighted by molar-refractivity contribution is 0.609. The average molecular weight is 333 g/mol. The minimum absolute atomic E-state index is 0.199. The fourth-order valence-corrected chi connectivity index (χ4v) is 2.57. The van der Waals surface area contributed by atoms with Crippen molar-refractivity contribution in [3.63, 3.8) is 0 Å². The zero-order valence-electron chi connectivity index (χ0n) is 12.6. The molecular formula is C17H14F3N3O. The van der Waals surface area contributed by atoms with Gasteiger partial charge in [0.15, 0.2) is 0 Å². The summed E-state index contributed by atoms with van der Waals surface area (Å²) in [6.45, 7) is 0.336. The van der Waals surface area contributed by atoms with Gasteiger partial charge in [-0.25, -0.2) is 18.2 Å². The van der Waals surface area contributed by atoms with E-state index in [0.717, 1.165) is 22.8 Å². The van der Waals surface area contributed by atoms with Gasteiger partial charge in [-0.1, -0.05) is 6.07 Å². The smallest absolute Gasteiger partial charge is 0.269 e. The normalized spacial score (nSPS) is 11.2. The average Bonchev–Trinajstić information content (AvgIpc) is 2.56. The van der Waals surface area contributed by atoms with Gasteiger partial charge in [-0.15, -0.1) is 0 Å². The zero-order valence-corrected chi connectivity index (χ0v) is 12.6. The molecule has 0 atom stereocenters. The summed E-state index contributed by atoms with van der Waals surface area (Å²) in [6, 6.07) is 7.08. The molecule has 0 saturated heterocycles. The van der Waals surface area contributed by atoms with E-state index in [-0.39, 0.29) is 23.4 Å². The lowest BCUT2D eigenvalue weighted by Gasteiger charge is -2.14. The Bertz CT molecular complexity index is 969. The number of aryl methyl sites for hydroxylation is 1. The van der Waals surface area contributed by atoms with Crippen LogP contribution in [0.5, 0.6) is 0 Å². The number of rotatable bonds is 4. The van der Waals surface area contributed by atoms with Crippen LogP contribution in [0.25, 0.3) is 16.6 Å². The van der Waals surface area contributed by atoms with Crippen molar-refractivity contribution in [1.29, 1.82) is 0 Å². The van der Waals surface area contributed by atoms with Gasteiger partial charge in [0.2, 0.25) is 0 Å². The van der Waals surface area contributed by atoms with Crippen molar-refractivity contribution in [2.75, 3.05) is 6.54 Å². The molecule has 2 aromatic carbocycles. The third-order valence-corrected chi connectivity index (χ3v) is 3.66. The topological polar surface area (TPSA) is 60.9 Å². The molecule has 4 nitrogen and oxygen atoms in total. The van der Waals surface area contributed by atoms with Crippen LogP contribution in [0.1, 0.15) is 12.2 Å². The van der Waals surface area contributed by atoms with Crippen molar-refractivity contribution < 1.29 is 13.2 Å². The maximum absolute atomic E-state index is 14.1. The van der Waals surface area contributed by atoms with E-state index in [1.807, 2.05) is 0 Å². The highest BCUT2D eigenvalue weighted by molar-refractivity contribution is 5.79. The van der Waals surface area contributed by atoms with E-state index >= 15 is 0 Å². The molecule has 0 aliphatic heterocycles. The second kappa shape index (κ2) is 6.45. The number of fused-ring (bicyclic) bond motifs is 1. The van der Waals surface area contributed by atoms with Crippen molar-refractivity contribution >= 4 is 10.9 Å². The SMILES string of the molecule is NCCCc1nc2c(F)ccc(F)c2c(=O)n1-c1cccc(F)c1. The molecule has 1 heterocycles. The number of nitrogens with zero attached hydrogens (tertiary/aromatic N) is 2. The molecule has 0 aliphatic rings. The fraction of sp³-hybridized carbons (Fsp3) is 0.176. The Morgan fingerprint density at radius 2 is 1.83 bits per heavy atom. The first kappa shape index (κ1) is 16.2. The molecule has 0 spiro atoms. The van der Waals surface area contributed by atoms with Crippen molar-refractivity contribution in [2.45, 2.75) is 12.8 Å². The molecule has 0 bridgehead atoms. The van der Waals surface area contributed by atoms with E-state index in [1.54, 1.807) is 0 Å². The first-order chi connectivity index (χ1) is 11.5. The minimum Gasteiger partial charge on any atom is -0.330 e. The van der Waals surface area contributed by atoms with Gasteiger partial charge in [-0.05, 0) is 43.3 Å². The largest absolute Gasteiger partial charge is 0.330 e. The number of hydrogen-bond acceptors (Lipinski definition) is 3. The quantitative estimate of drug-likeness (QED) is 0.798. The van der Waals surface area contributed by atoms with E-state index in [9.17, 15) is 18.0 Å². The van der Waals surface area contributed by atoms with Gasteiger partial charge in [0.1, 0.15) is 34.2 Å². The lowest BCUT2D eigenvalue weighted by atomic mass is 10.2. The van der Waals surface area contributed by atoms with Crippen LogP contribution in [-0.2, 0) is 6.42 Å². The lowest BCUT2D eigenvalue weighted by Crippen LogP contribution is -2.25. The highest BCUT2D eigenvalue weighted by Crippen LogP contribution is 2.19. The minimum atomic E-state index is -0.876. The number of benzene rings is 2. The summed E-state index contributed by atoms with van der Waals surface area (Å²) in [5.41, 5.74) is 4.57. The first-order valence-corrected chi connectivity index (χ1v) is 7.38. The Balaban J connectivity index is 2.39. The summed E-state index contributed by atoms with van der Waals surface area (Å²) >= 11 is 0. The van der Waals surface area contributed by atoms with Crippen LogP contribution in [0.2, 0.25) is 0 Å². The number of hydrogen-bond donors (Lipinski definition) is 1. The Kier molecular flexibility index (Phi) is 4.35. The second-order valence-electron chi connectivity index (χ2n) is 5.29. The molecule has 0 unspecified atom stereocenters. The summed E-state index contributed by atoms with van der Waals surface area (Å²) in [5, 5.41) is -0.462. The van der Waals surface area contributed by atoms with Gasteiger partial charge in [0, 0.05) is 6.42 Å². The van der Waals surface area contributed by atoms with E-state index in [0.29, 0.717) is 13.0 Å². The molecule has 3 aromatic rings. The van der Waals surface area contributed by atoms with E-state index < -0.39 is 28.4 Å². The molecule has 3 rings (SSSR count). The van der Waals surface area contributed by atoms with Crippen molar-refractivity contribution in [1.82, 2.24) is 9.55 Å². The molecule has 1 aromatic heterocycles. The van der Waals surface area contributed by atoms with E-state index in [1.165, 1.54) is 18.2 Å². The van der Waals surface area contributed by atoms with Gasteiger partial charge in [0.05, 0.1) is 5.69 Å².